The summed E-state index contributed by atoms with van der Waals surface area (Å²) in [6.07, 6.45) is 5.09. The van der Waals surface area contributed by atoms with E-state index in [2.05, 4.69) is 17.6 Å². The highest BCUT2D eigenvalue weighted by Crippen LogP contribution is 2.18. The molecular formula is C15H24N2O2S. The molecule has 0 spiro atoms. The topological polar surface area (TPSA) is 50.4 Å². The van der Waals surface area contributed by atoms with Crippen LogP contribution in [0.3, 0.4) is 0 Å². The molecule has 0 aliphatic rings. The third kappa shape index (κ3) is 7.40. The second-order valence-electron chi connectivity index (χ2n) is 4.43. The van der Waals surface area contributed by atoms with E-state index in [-0.39, 0.29) is 6.03 Å². The number of amides is 2. The number of nitrogens with one attached hydrogen (secondary N) is 2. The molecule has 0 saturated heterocycles. The van der Waals surface area contributed by atoms with Crippen molar-refractivity contribution in [1.82, 2.24) is 5.32 Å². The molecular weight excluding hydrogens is 272 g/mol. The van der Waals surface area contributed by atoms with Crippen molar-refractivity contribution in [3.05, 3.63) is 24.3 Å². The minimum atomic E-state index is -0.170. The van der Waals surface area contributed by atoms with Gasteiger partial charge in [-0.3, -0.25) is 0 Å². The molecule has 5 heteroatoms. The van der Waals surface area contributed by atoms with Crippen LogP contribution < -0.4 is 10.6 Å². The Bertz CT molecular complexity index is 399. The molecule has 0 atom stereocenters. The van der Waals surface area contributed by atoms with E-state index < -0.39 is 0 Å². The fraction of sp³-hybridized carbons (Fsp3) is 0.533. The summed E-state index contributed by atoms with van der Waals surface area (Å²) in [6.45, 7) is 4.27. The van der Waals surface area contributed by atoms with Crippen LogP contribution in [0.4, 0.5) is 10.5 Å². The van der Waals surface area contributed by atoms with Crippen molar-refractivity contribution in [3.63, 3.8) is 0 Å². The maximum absolute atomic E-state index is 11.7. The zero-order valence-electron chi connectivity index (χ0n) is 12.3. The number of unbranched alkanes of at least 4 members (excludes halogenated alkanes) is 1. The number of thioether (sulfide) groups is 1. The Morgan fingerprint density at radius 1 is 1.30 bits per heavy atom. The highest BCUT2D eigenvalue weighted by atomic mass is 32.2. The van der Waals surface area contributed by atoms with Crippen molar-refractivity contribution in [3.8, 4) is 0 Å². The minimum absolute atomic E-state index is 0.170. The Hall–Kier alpha value is -1.20. The van der Waals surface area contributed by atoms with E-state index in [9.17, 15) is 4.79 Å². The van der Waals surface area contributed by atoms with Crippen LogP contribution in [0.1, 0.15) is 26.2 Å². The molecule has 4 nitrogen and oxygen atoms in total. The molecule has 0 radical (unpaired) electrons. The van der Waals surface area contributed by atoms with E-state index in [0.29, 0.717) is 13.2 Å². The lowest BCUT2D eigenvalue weighted by Gasteiger charge is -2.08. The molecule has 1 aromatic rings. The van der Waals surface area contributed by atoms with Crippen LogP contribution in [0.5, 0.6) is 0 Å². The standard InChI is InChI=1S/C15H24N2O2S/c1-3-4-10-19-11-6-9-16-15(18)17-13-7-5-8-14(12-13)20-2/h5,7-8,12H,3-4,6,9-11H2,1-2H3,(H2,16,17,18). The average Bonchev–Trinajstić information content (AvgIpc) is 2.46. The smallest absolute Gasteiger partial charge is 0.319 e. The van der Waals surface area contributed by atoms with Crippen LogP contribution in [0, 0.1) is 0 Å². The summed E-state index contributed by atoms with van der Waals surface area (Å²) in [5.74, 6) is 0. The first-order valence-electron chi connectivity index (χ1n) is 7.03. The lowest BCUT2D eigenvalue weighted by Crippen LogP contribution is -2.30. The number of carbonyl (C=O) groups excluding carboxylic acids is 1. The molecule has 20 heavy (non-hydrogen) atoms. The Kier molecular flexibility index (Phi) is 8.91. The highest BCUT2D eigenvalue weighted by molar-refractivity contribution is 7.98. The van der Waals surface area contributed by atoms with Gasteiger partial charge < -0.3 is 15.4 Å². The quantitative estimate of drug-likeness (QED) is 0.539. The van der Waals surface area contributed by atoms with Crippen LogP contribution in [-0.4, -0.2) is 32.0 Å². The van der Waals surface area contributed by atoms with E-state index in [1.165, 1.54) is 0 Å². The van der Waals surface area contributed by atoms with Gasteiger partial charge in [0.05, 0.1) is 0 Å². The SMILES string of the molecule is CCCCOCCCNC(=O)Nc1cccc(SC)c1. The number of urea groups is 1. The van der Waals surface area contributed by atoms with E-state index in [1.807, 2.05) is 30.5 Å². The maximum atomic E-state index is 11.7. The monoisotopic (exact) mass is 296 g/mol. The minimum Gasteiger partial charge on any atom is -0.381 e. The summed E-state index contributed by atoms with van der Waals surface area (Å²) >= 11 is 1.65. The highest BCUT2D eigenvalue weighted by Gasteiger charge is 2.01. The number of rotatable bonds is 9. The van der Waals surface area contributed by atoms with Crippen LogP contribution in [0.15, 0.2) is 29.2 Å². The van der Waals surface area contributed by atoms with E-state index in [4.69, 9.17) is 4.74 Å². The first kappa shape index (κ1) is 16.9. The van der Waals surface area contributed by atoms with Crippen molar-refractivity contribution in [2.45, 2.75) is 31.1 Å². The van der Waals surface area contributed by atoms with Gasteiger partial charge in [-0.25, -0.2) is 4.79 Å². The largest absolute Gasteiger partial charge is 0.381 e. The summed E-state index contributed by atoms with van der Waals surface area (Å²) in [5, 5.41) is 5.65. The summed E-state index contributed by atoms with van der Waals surface area (Å²) in [5.41, 5.74) is 0.813. The molecule has 0 aromatic heterocycles. The molecule has 1 aromatic carbocycles. The number of carbonyl (C=O) groups is 1. The number of anilines is 1. The Morgan fingerprint density at radius 2 is 2.10 bits per heavy atom. The Labute approximate surface area is 125 Å². The molecule has 0 aliphatic heterocycles. The molecule has 0 bridgehead atoms. The van der Waals surface area contributed by atoms with Crippen LogP contribution in [0.25, 0.3) is 0 Å². The van der Waals surface area contributed by atoms with E-state index in [0.717, 1.165) is 36.5 Å². The molecule has 2 amide bonds. The first-order valence-corrected chi connectivity index (χ1v) is 8.25. The van der Waals surface area contributed by atoms with Crippen molar-refractivity contribution >= 4 is 23.5 Å². The fourth-order valence-corrected chi connectivity index (χ4v) is 2.06. The Balaban J connectivity index is 2.13. The van der Waals surface area contributed by atoms with Crippen molar-refractivity contribution in [2.24, 2.45) is 0 Å². The van der Waals surface area contributed by atoms with E-state index in [1.54, 1.807) is 11.8 Å². The molecule has 2 N–H and O–H groups in total. The van der Waals surface area contributed by atoms with E-state index >= 15 is 0 Å². The molecule has 0 saturated carbocycles. The van der Waals surface area contributed by atoms with Crippen molar-refractivity contribution in [2.75, 3.05) is 31.3 Å². The molecule has 0 heterocycles. The van der Waals surface area contributed by atoms with Crippen LogP contribution in [0.2, 0.25) is 0 Å². The van der Waals surface area contributed by atoms with Crippen LogP contribution >= 0.6 is 11.8 Å². The number of benzene rings is 1. The predicted octanol–water partition coefficient (Wildman–Crippen LogP) is 3.74. The molecule has 0 unspecified atom stereocenters. The summed E-state index contributed by atoms with van der Waals surface area (Å²) < 4.78 is 5.43. The van der Waals surface area contributed by atoms with Crippen molar-refractivity contribution < 1.29 is 9.53 Å². The van der Waals surface area contributed by atoms with Gasteiger partial charge >= 0.3 is 6.03 Å². The van der Waals surface area contributed by atoms with Gasteiger partial charge in [0.1, 0.15) is 0 Å². The zero-order valence-corrected chi connectivity index (χ0v) is 13.1. The maximum Gasteiger partial charge on any atom is 0.319 e. The Morgan fingerprint density at radius 3 is 2.85 bits per heavy atom. The number of hydrogen-bond acceptors (Lipinski definition) is 3. The zero-order chi connectivity index (χ0) is 14.6. The summed E-state index contributed by atoms with van der Waals surface area (Å²) in [7, 11) is 0. The van der Waals surface area contributed by atoms with Gasteiger partial charge in [-0.05, 0) is 37.3 Å². The second kappa shape index (κ2) is 10.6. The third-order valence-electron chi connectivity index (χ3n) is 2.72. The van der Waals surface area contributed by atoms with Crippen molar-refractivity contribution in [1.29, 1.82) is 0 Å². The number of hydrogen-bond donors (Lipinski definition) is 2. The third-order valence-corrected chi connectivity index (χ3v) is 3.45. The lowest BCUT2D eigenvalue weighted by atomic mass is 10.3. The van der Waals surface area contributed by atoms with Gasteiger partial charge in [0.15, 0.2) is 0 Å². The fourth-order valence-electron chi connectivity index (χ4n) is 1.60. The molecule has 0 aliphatic carbocycles. The molecule has 1 rings (SSSR count). The van der Waals surface area contributed by atoms with Gasteiger partial charge in [-0.15, -0.1) is 11.8 Å². The molecule has 0 fully saturated rings. The predicted molar refractivity (Wildman–Crippen MR) is 85.6 cm³/mol. The first-order chi connectivity index (χ1) is 9.76. The van der Waals surface area contributed by atoms with Gasteiger partial charge in [0.2, 0.25) is 0 Å². The summed E-state index contributed by atoms with van der Waals surface area (Å²) in [6, 6.07) is 7.62. The second-order valence-corrected chi connectivity index (χ2v) is 5.31. The normalized spacial score (nSPS) is 10.3. The summed E-state index contributed by atoms with van der Waals surface area (Å²) in [4.78, 5) is 12.8. The van der Waals surface area contributed by atoms with Gasteiger partial charge in [-0.1, -0.05) is 19.4 Å². The van der Waals surface area contributed by atoms with Gasteiger partial charge in [0, 0.05) is 30.3 Å². The van der Waals surface area contributed by atoms with Gasteiger partial charge in [0.25, 0.3) is 0 Å². The average molecular weight is 296 g/mol. The van der Waals surface area contributed by atoms with Crippen LogP contribution in [-0.2, 0) is 4.74 Å². The molecule has 112 valence electrons. The van der Waals surface area contributed by atoms with Gasteiger partial charge in [-0.2, -0.15) is 0 Å². The lowest BCUT2D eigenvalue weighted by molar-refractivity contribution is 0.129. The number of ether oxygens (including phenoxy) is 1.